The van der Waals surface area contributed by atoms with Crippen LogP contribution in [0.3, 0.4) is 0 Å². The molecule has 0 unspecified atom stereocenters. The molecule has 8 N–H and O–H groups in total. The van der Waals surface area contributed by atoms with Crippen molar-refractivity contribution >= 4 is 17.8 Å². The van der Waals surface area contributed by atoms with E-state index in [9.17, 15) is 30.0 Å². The maximum Gasteiger partial charge on any atom is 0.407 e. The third-order valence-corrected chi connectivity index (χ3v) is 7.98. The van der Waals surface area contributed by atoms with Crippen molar-refractivity contribution in [2.75, 3.05) is 25.0 Å². The minimum Gasteiger partial charge on any atom is -0.445 e. The van der Waals surface area contributed by atoms with Gasteiger partial charge in [0.2, 0.25) is 12.2 Å². The third-order valence-electron chi connectivity index (χ3n) is 7.98. The fourth-order valence-corrected chi connectivity index (χ4v) is 5.24. The molecule has 1 aliphatic rings. The van der Waals surface area contributed by atoms with Crippen LogP contribution in [0.4, 0.5) is 15.3 Å². The summed E-state index contributed by atoms with van der Waals surface area (Å²) in [6.07, 6.45) is -3.66. The van der Waals surface area contributed by atoms with Crippen molar-refractivity contribution in [2.45, 2.75) is 89.2 Å². The Bertz CT molecular complexity index is 1420. The van der Waals surface area contributed by atoms with E-state index in [4.69, 9.17) is 14.2 Å². The fraction of sp³-hybridized carbons (Fsp3) is 0.500. The van der Waals surface area contributed by atoms with E-state index >= 15 is 0 Å². The molecular formula is C34H47N5O9. The zero-order chi connectivity index (χ0) is 34.5. The zero-order valence-electron chi connectivity index (χ0n) is 27.3. The van der Waals surface area contributed by atoms with Crippen LogP contribution in [0.15, 0.2) is 54.6 Å². The van der Waals surface area contributed by atoms with Gasteiger partial charge < -0.3 is 50.6 Å². The molecule has 0 saturated carbocycles. The number of hydrogen-bond acceptors (Lipinski definition) is 10. The molecule has 48 heavy (non-hydrogen) atoms. The predicted octanol–water partition coefficient (Wildman–Crippen LogP) is 2.91. The second kappa shape index (κ2) is 18.4. The molecule has 1 aliphatic heterocycles. The maximum atomic E-state index is 12.4. The van der Waals surface area contributed by atoms with Gasteiger partial charge in [-0.25, -0.2) is 9.59 Å². The summed E-state index contributed by atoms with van der Waals surface area (Å²) in [4.78, 5) is 24.2. The summed E-state index contributed by atoms with van der Waals surface area (Å²) in [6.45, 7) is 4.70. The average molecular weight is 670 g/mol. The van der Waals surface area contributed by atoms with E-state index in [1.54, 1.807) is 12.1 Å². The molecule has 2 aromatic carbocycles. The zero-order valence-corrected chi connectivity index (χ0v) is 27.3. The number of nitrogens with one attached hydrogen (secondary N) is 4. The number of aliphatic hydroxyl groups excluding tert-OH is 4. The number of hydrogen-bond donors (Lipinski definition) is 8. The van der Waals surface area contributed by atoms with Gasteiger partial charge in [0.25, 0.3) is 0 Å². The third kappa shape index (κ3) is 10.7. The smallest absolute Gasteiger partial charge is 0.407 e. The van der Waals surface area contributed by atoms with Gasteiger partial charge in [-0.15, -0.1) is 5.10 Å². The highest BCUT2D eigenvalue weighted by Crippen LogP contribution is 2.31. The molecular weight excluding hydrogens is 622 g/mol. The summed E-state index contributed by atoms with van der Waals surface area (Å²) in [5.41, 5.74) is 4.00. The lowest BCUT2D eigenvalue weighted by Gasteiger charge is -2.39. The highest BCUT2D eigenvalue weighted by atomic mass is 16.7. The van der Waals surface area contributed by atoms with E-state index in [-0.39, 0.29) is 24.4 Å². The molecule has 1 saturated heterocycles. The van der Waals surface area contributed by atoms with Gasteiger partial charge in [0.05, 0.1) is 6.61 Å². The molecule has 262 valence electrons. The average Bonchev–Trinajstić information content (AvgIpc) is 3.48. The Balaban J connectivity index is 1.16. The first-order chi connectivity index (χ1) is 23.2. The monoisotopic (exact) mass is 669 g/mol. The first-order valence-corrected chi connectivity index (χ1v) is 16.3. The van der Waals surface area contributed by atoms with Crippen LogP contribution in [0, 0.1) is 0 Å². The van der Waals surface area contributed by atoms with Crippen LogP contribution in [0.2, 0.25) is 0 Å². The highest BCUT2D eigenvalue weighted by molar-refractivity contribution is 5.89. The molecule has 2 heterocycles. The lowest BCUT2D eigenvalue weighted by atomic mass is 9.98. The number of nitrogens with zero attached hydrogens (tertiary/aromatic N) is 1. The van der Waals surface area contributed by atoms with Crippen LogP contribution in [-0.4, -0.2) is 93.2 Å². The van der Waals surface area contributed by atoms with Crippen molar-refractivity contribution in [2.24, 2.45) is 0 Å². The molecule has 0 aliphatic carbocycles. The molecule has 14 nitrogen and oxygen atoms in total. The van der Waals surface area contributed by atoms with E-state index in [2.05, 4.69) is 26.1 Å². The first kappa shape index (κ1) is 36.6. The molecule has 1 fully saturated rings. The summed E-state index contributed by atoms with van der Waals surface area (Å²) in [5.74, 6) is 0.233. The summed E-state index contributed by atoms with van der Waals surface area (Å²) in [6, 6.07) is 16.5. The number of urea groups is 1. The number of carbonyl (C=O) groups is 2. The van der Waals surface area contributed by atoms with Gasteiger partial charge >= 0.3 is 12.1 Å². The van der Waals surface area contributed by atoms with E-state index < -0.39 is 43.4 Å². The fourth-order valence-electron chi connectivity index (χ4n) is 5.24. The van der Waals surface area contributed by atoms with Gasteiger partial charge in [0.15, 0.2) is 0 Å². The number of aromatic amines is 1. The number of benzene rings is 2. The maximum absolute atomic E-state index is 12.4. The molecule has 3 amide bonds. The normalized spacial score (nSPS) is 20.7. The highest BCUT2D eigenvalue weighted by Gasteiger charge is 2.45. The van der Waals surface area contributed by atoms with E-state index in [1.165, 1.54) is 0 Å². The number of rotatable bonds is 16. The van der Waals surface area contributed by atoms with Crippen LogP contribution in [0.5, 0.6) is 5.88 Å². The lowest BCUT2D eigenvalue weighted by Crippen LogP contribution is -2.60. The summed E-state index contributed by atoms with van der Waals surface area (Å²) < 4.78 is 16.5. The molecule has 1 aromatic heterocycles. The molecule has 0 bridgehead atoms. The molecule has 3 aromatic rings. The summed E-state index contributed by atoms with van der Waals surface area (Å²) >= 11 is 0. The number of unbranched alkanes of at least 4 members (excludes halogenated alkanes) is 3. The number of aliphatic hydroxyl groups is 4. The standard InChI is InChI=1S/C34H47N5O9/c1-21(2)27-25(31(39-38-27)48-32-30(43)29(42)28(41)26(19-40)47-32)18-22-12-14-24(15-13-22)37-33(44)35-16-8-3-4-9-17-36-34(45)46-20-23-10-6-5-7-11-23/h5-7,10-15,21,26,28-30,32,40-43H,3-4,8-9,16-20H2,1-2H3,(H,36,45)(H,38,39)(H2,35,37,44)/t26-,28-,29+,30-,32+/m1/s1. The van der Waals surface area contributed by atoms with Crippen molar-refractivity contribution in [3.8, 4) is 5.88 Å². The SMILES string of the molecule is CC(C)c1[nH]nc(O[C@@H]2O[C@H](CO)[C@@H](O)[C@H](O)[C@H]2O)c1Cc1ccc(NC(=O)NCCCCCCNC(=O)OCc2ccccc2)cc1. The van der Waals surface area contributed by atoms with Crippen LogP contribution in [-0.2, 0) is 22.5 Å². The Morgan fingerprint density at radius 3 is 2.25 bits per heavy atom. The first-order valence-electron chi connectivity index (χ1n) is 16.3. The Morgan fingerprint density at radius 1 is 0.896 bits per heavy atom. The summed E-state index contributed by atoms with van der Waals surface area (Å²) in [5, 5.41) is 55.8. The van der Waals surface area contributed by atoms with E-state index in [0.717, 1.165) is 48.1 Å². The van der Waals surface area contributed by atoms with Gasteiger partial charge in [0.1, 0.15) is 31.0 Å². The Hall–Kier alpha value is -4.21. The number of amides is 3. The quantitative estimate of drug-likeness (QED) is 0.105. The number of carbonyl (C=O) groups excluding carboxylic acids is 2. The molecule has 5 atom stereocenters. The largest absolute Gasteiger partial charge is 0.445 e. The summed E-state index contributed by atoms with van der Waals surface area (Å²) in [7, 11) is 0. The van der Waals surface area contributed by atoms with E-state index in [1.807, 2.05) is 56.3 Å². The molecule has 14 heteroatoms. The van der Waals surface area contributed by atoms with Gasteiger partial charge in [-0.3, -0.25) is 5.10 Å². The molecule has 0 radical (unpaired) electrons. The minimum absolute atomic E-state index is 0.0647. The number of H-pyrrole nitrogens is 1. The molecule has 4 rings (SSSR count). The number of anilines is 1. The van der Waals surface area contributed by atoms with Crippen LogP contribution in [0.1, 0.15) is 67.8 Å². The van der Waals surface area contributed by atoms with E-state index in [0.29, 0.717) is 25.2 Å². The number of aromatic nitrogens is 2. The molecule has 0 spiro atoms. The van der Waals surface area contributed by atoms with Crippen molar-refractivity contribution in [3.05, 3.63) is 77.0 Å². The Labute approximate surface area is 279 Å². The van der Waals surface area contributed by atoms with Crippen LogP contribution >= 0.6 is 0 Å². The van der Waals surface area contributed by atoms with Crippen molar-refractivity contribution in [1.82, 2.24) is 20.8 Å². The van der Waals surface area contributed by atoms with Crippen LogP contribution in [0.25, 0.3) is 0 Å². The van der Waals surface area contributed by atoms with Crippen molar-refractivity contribution < 1.29 is 44.2 Å². The van der Waals surface area contributed by atoms with Gasteiger partial charge in [-0.05, 0) is 42.0 Å². The Kier molecular flexibility index (Phi) is 14.0. The van der Waals surface area contributed by atoms with Gasteiger partial charge in [-0.2, -0.15) is 0 Å². The van der Waals surface area contributed by atoms with Gasteiger partial charge in [0, 0.05) is 36.5 Å². The van der Waals surface area contributed by atoms with Crippen molar-refractivity contribution in [1.29, 1.82) is 0 Å². The predicted molar refractivity (Wildman–Crippen MR) is 176 cm³/mol. The number of alkyl carbamates (subject to hydrolysis) is 1. The lowest BCUT2D eigenvalue weighted by molar-refractivity contribution is -0.278. The second-order valence-corrected chi connectivity index (χ2v) is 12.0. The van der Waals surface area contributed by atoms with Gasteiger partial charge in [-0.1, -0.05) is 69.2 Å². The Morgan fingerprint density at radius 2 is 1.58 bits per heavy atom. The second-order valence-electron chi connectivity index (χ2n) is 12.0. The van der Waals surface area contributed by atoms with Crippen LogP contribution < -0.4 is 20.7 Å². The topological polar surface area (TPSA) is 208 Å². The minimum atomic E-state index is -1.57. The number of ether oxygens (including phenoxy) is 3. The van der Waals surface area contributed by atoms with Crippen molar-refractivity contribution in [3.63, 3.8) is 0 Å².